The van der Waals surface area contributed by atoms with Crippen molar-refractivity contribution in [3.63, 3.8) is 0 Å². The lowest BCUT2D eigenvalue weighted by Crippen LogP contribution is -2.12. The van der Waals surface area contributed by atoms with E-state index in [4.69, 9.17) is 0 Å². The second-order valence-corrected chi connectivity index (χ2v) is 9.14. The fourth-order valence-electron chi connectivity index (χ4n) is 3.31. The largest absolute Gasteiger partial charge is 0.279 e. The molecule has 0 fully saturated rings. The number of rotatable bonds is 14. The van der Waals surface area contributed by atoms with Crippen LogP contribution in [0.25, 0.3) is 0 Å². The van der Waals surface area contributed by atoms with Gasteiger partial charge in [0.2, 0.25) is 0 Å². The normalized spacial score (nSPS) is 11.5. The van der Waals surface area contributed by atoms with Crippen molar-refractivity contribution in [3.8, 4) is 0 Å². The second kappa shape index (κ2) is 12.6. The fourth-order valence-corrected chi connectivity index (χ4v) is 4.34. The minimum absolute atomic E-state index is 0.288. The van der Waals surface area contributed by atoms with Crippen LogP contribution in [0, 0.1) is 6.07 Å². The van der Waals surface area contributed by atoms with Gasteiger partial charge in [-0.25, -0.2) is 8.42 Å². The molecule has 0 aliphatic carbocycles. The van der Waals surface area contributed by atoms with Crippen molar-refractivity contribution in [1.29, 1.82) is 0 Å². The van der Waals surface area contributed by atoms with Gasteiger partial charge in [-0.3, -0.25) is 4.72 Å². The van der Waals surface area contributed by atoms with Crippen molar-refractivity contribution >= 4 is 15.7 Å². The average molecular weight is 401 g/mol. The van der Waals surface area contributed by atoms with Crippen molar-refractivity contribution in [2.24, 2.45) is 0 Å². The Labute approximate surface area is 171 Å². The van der Waals surface area contributed by atoms with E-state index in [1.54, 1.807) is 36.4 Å². The summed E-state index contributed by atoms with van der Waals surface area (Å²) < 4.78 is 27.4. The van der Waals surface area contributed by atoms with E-state index in [2.05, 4.69) is 17.7 Å². The van der Waals surface area contributed by atoms with Gasteiger partial charge in [0, 0.05) is 6.07 Å². The number of para-hydroxylation sites is 1. The highest BCUT2D eigenvalue weighted by atomic mass is 32.2. The van der Waals surface area contributed by atoms with Gasteiger partial charge in [0.15, 0.2) is 0 Å². The first-order valence-corrected chi connectivity index (χ1v) is 12.2. The SMILES string of the molecule is CCCCCCCCCCCCc1ccc(S(=O)(=O)Nc2[c]cccc2)cc1. The minimum atomic E-state index is -3.56. The van der Waals surface area contributed by atoms with Crippen LogP contribution in [0.3, 0.4) is 0 Å². The highest BCUT2D eigenvalue weighted by molar-refractivity contribution is 7.92. The first kappa shape index (κ1) is 22.5. The van der Waals surface area contributed by atoms with Gasteiger partial charge in [0.25, 0.3) is 10.0 Å². The van der Waals surface area contributed by atoms with Gasteiger partial charge in [-0.15, -0.1) is 0 Å². The number of anilines is 1. The lowest BCUT2D eigenvalue weighted by Gasteiger charge is -2.08. The summed E-state index contributed by atoms with van der Waals surface area (Å²) in [5.41, 5.74) is 1.65. The van der Waals surface area contributed by atoms with E-state index in [0.717, 1.165) is 6.42 Å². The van der Waals surface area contributed by atoms with Gasteiger partial charge < -0.3 is 0 Å². The third-order valence-electron chi connectivity index (χ3n) is 5.01. The molecule has 0 spiro atoms. The van der Waals surface area contributed by atoms with Gasteiger partial charge in [0.05, 0.1) is 10.6 Å². The van der Waals surface area contributed by atoms with Gasteiger partial charge in [-0.05, 0) is 36.6 Å². The third-order valence-corrected chi connectivity index (χ3v) is 6.39. The number of benzene rings is 2. The summed E-state index contributed by atoms with van der Waals surface area (Å²) in [6, 6.07) is 17.1. The number of hydrogen-bond donors (Lipinski definition) is 1. The molecule has 28 heavy (non-hydrogen) atoms. The van der Waals surface area contributed by atoms with E-state index >= 15 is 0 Å². The van der Waals surface area contributed by atoms with Gasteiger partial charge in [-0.2, -0.15) is 0 Å². The van der Waals surface area contributed by atoms with Crippen molar-refractivity contribution in [3.05, 3.63) is 60.2 Å². The molecule has 0 saturated heterocycles. The van der Waals surface area contributed by atoms with Crippen LogP contribution in [0.2, 0.25) is 0 Å². The summed E-state index contributed by atoms with van der Waals surface area (Å²) in [6.07, 6.45) is 14.3. The Kier molecular flexibility index (Phi) is 10.1. The molecule has 153 valence electrons. The van der Waals surface area contributed by atoms with Crippen molar-refractivity contribution in [2.45, 2.75) is 82.4 Å². The molecule has 0 aromatic heterocycles. The molecule has 1 radical (unpaired) electrons. The van der Waals surface area contributed by atoms with E-state index < -0.39 is 10.0 Å². The first-order chi connectivity index (χ1) is 13.6. The molecule has 0 aliphatic heterocycles. The van der Waals surface area contributed by atoms with Crippen LogP contribution >= 0.6 is 0 Å². The molecular weight excluding hydrogens is 366 g/mol. The first-order valence-electron chi connectivity index (χ1n) is 10.7. The number of nitrogens with one attached hydrogen (secondary N) is 1. The van der Waals surface area contributed by atoms with Crippen LogP contribution in [-0.4, -0.2) is 8.42 Å². The summed E-state index contributed by atoms with van der Waals surface area (Å²) >= 11 is 0. The van der Waals surface area contributed by atoms with E-state index in [1.807, 2.05) is 12.1 Å². The second-order valence-electron chi connectivity index (χ2n) is 7.46. The predicted octanol–water partition coefficient (Wildman–Crippen LogP) is 6.75. The van der Waals surface area contributed by atoms with Gasteiger partial charge in [0.1, 0.15) is 0 Å². The molecule has 0 heterocycles. The van der Waals surface area contributed by atoms with Crippen LogP contribution < -0.4 is 4.72 Å². The quantitative estimate of drug-likeness (QED) is 0.356. The lowest BCUT2D eigenvalue weighted by atomic mass is 10.0. The Morgan fingerprint density at radius 1 is 0.786 bits per heavy atom. The average Bonchev–Trinajstić information content (AvgIpc) is 2.70. The monoisotopic (exact) mass is 400 g/mol. The molecule has 0 atom stereocenters. The Morgan fingerprint density at radius 3 is 1.96 bits per heavy atom. The van der Waals surface area contributed by atoms with Crippen LogP contribution in [0.1, 0.15) is 76.7 Å². The maximum absolute atomic E-state index is 12.4. The minimum Gasteiger partial charge on any atom is -0.279 e. The van der Waals surface area contributed by atoms with Crippen molar-refractivity contribution < 1.29 is 8.42 Å². The number of sulfonamides is 1. The molecule has 0 aliphatic rings. The van der Waals surface area contributed by atoms with Crippen LogP contribution in [0.15, 0.2) is 53.4 Å². The van der Waals surface area contributed by atoms with Crippen molar-refractivity contribution in [1.82, 2.24) is 0 Å². The third kappa shape index (κ3) is 8.47. The molecule has 1 N–H and O–H groups in total. The molecular formula is C24H34NO2S. The van der Waals surface area contributed by atoms with Gasteiger partial charge >= 0.3 is 0 Å². The van der Waals surface area contributed by atoms with E-state index in [-0.39, 0.29) is 4.90 Å². The Balaban J connectivity index is 1.66. The Hall–Kier alpha value is -1.81. The zero-order valence-corrected chi connectivity index (χ0v) is 17.9. The molecule has 2 aromatic rings. The maximum atomic E-state index is 12.4. The topological polar surface area (TPSA) is 46.2 Å². The summed E-state index contributed by atoms with van der Waals surface area (Å²) in [5, 5.41) is 0. The maximum Gasteiger partial charge on any atom is 0.261 e. The van der Waals surface area contributed by atoms with Crippen LogP contribution in [0.5, 0.6) is 0 Å². The highest BCUT2D eigenvalue weighted by Crippen LogP contribution is 2.17. The molecule has 3 nitrogen and oxygen atoms in total. The smallest absolute Gasteiger partial charge is 0.261 e. The molecule has 0 unspecified atom stereocenters. The molecule has 2 rings (SSSR count). The van der Waals surface area contributed by atoms with Gasteiger partial charge in [-0.1, -0.05) is 95.0 Å². The predicted molar refractivity (Wildman–Crippen MR) is 118 cm³/mol. The molecule has 0 bridgehead atoms. The summed E-state index contributed by atoms with van der Waals surface area (Å²) in [4.78, 5) is 0.288. The molecule has 2 aromatic carbocycles. The van der Waals surface area contributed by atoms with Crippen LogP contribution in [0.4, 0.5) is 5.69 Å². The summed E-state index contributed by atoms with van der Waals surface area (Å²) in [6.45, 7) is 2.26. The van der Waals surface area contributed by atoms with E-state index in [1.165, 1.54) is 69.8 Å². The summed E-state index contributed by atoms with van der Waals surface area (Å²) in [5.74, 6) is 0. The zero-order chi connectivity index (χ0) is 20.1. The Morgan fingerprint density at radius 2 is 1.39 bits per heavy atom. The van der Waals surface area contributed by atoms with Crippen LogP contribution in [-0.2, 0) is 16.4 Å². The van der Waals surface area contributed by atoms with E-state index in [9.17, 15) is 8.42 Å². The zero-order valence-electron chi connectivity index (χ0n) is 17.1. The van der Waals surface area contributed by atoms with Crippen molar-refractivity contribution in [2.75, 3.05) is 4.72 Å². The fraction of sp³-hybridized carbons (Fsp3) is 0.500. The lowest BCUT2D eigenvalue weighted by molar-refractivity contribution is 0.556. The molecule has 0 saturated carbocycles. The number of unbranched alkanes of at least 4 members (excludes halogenated alkanes) is 9. The molecule has 4 heteroatoms. The number of aryl methyl sites for hydroxylation is 1. The Bertz CT molecular complexity index is 755. The molecule has 0 amide bonds. The number of hydrogen-bond acceptors (Lipinski definition) is 2. The standard InChI is InChI=1S/C24H34NO2S/c1-2-3-4-5-6-7-8-9-10-12-15-22-18-20-24(21-19-22)28(26,27)25-23-16-13-11-14-17-23/h11,13-14,16,18-21,25H,2-10,12,15H2,1H3. The van der Waals surface area contributed by atoms with E-state index in [0.29, 0.717) is 5.69 Å². The highest BCUT2D eigenvalue weighted by Gasteiger charge is 2.13. The summed E-state index contributed by atoms with van der Waals surface area (Å²) in [7, 11) is -3.56.